The van der Waals surface area contributed by atoms with Gasteiger partial charge in [0.05, 0.1) is 6.61 Å². The van der Waals surface area contributed by atoms with Gasteiger partial charge in [0.15, 0.2) is 5.65 Å². The smallest absolute Gasteiger partial charge is 0.160 e. The van der Waals surface area contributed by atoms with Crippen molar-refractivity contribution in [3.63, 3.8) is 0 Å². The molecule has 0 fully saturated rings. The van der Waals surface area contributed by atoms with Gasteiger partial charge >= 0.3 is 0 Å². The summed E-state index contributed by atoms with van der Waals surface area (Å²) in [7, 11) is 0. The number of aliphatic hydroxyl groups excluding tert-OH is 1. The van der Waals surface area contributed by atoms with Gasteiger partial charge in [-0.3, -0.25) is 0 Å². The largest absolute Gasteiger partial charge is 0.508 e. The molecule has 3 rings (SSSR count). The summed E-state index contributed by atoms with van der Waals surface area (Å²) in [5.41, 5.74) is 2.36. The lowest BCUT2D eigenvalue weighted by Gasteiger charge is -2.07. The molecule has 0 aliphatic rings. The first-order chi connectivity index (χ1) is 9.79. The maximum atomic E-state index is 9.87. The summed E-state index contributed by atoms with van der Waals surface area (Å²) in [5, 5.41) is 19.1. The fourth-order valence-corrected chi connectivity index (χ4v) is 2.31. The van der Waals surface area contributed by atoms with Gasteiger partial charge in [0.25, 0.3) is 0 Å². The predicted molar refractivity (Wildman–Crippen MR) is 75.5 cm³/mol. The third-order valence-corrected chi connectivity index (χ3v) is 3.25. The van der Waals surface area contributed by atoms with Crippen LogP contribution in [-0.2, 0) is 13.0 Å². The standard InChI is InChI=1S/C15H15N3O2/c19-9-8-18-14(10-11-4-1-2-6-13(11)20)17-12-5-3-7-16-15(12)18/h1-7,19-20H,8-10H2. The van der Waals surface area contributed by atoms with Crippen LogP contribution in [0.3, 0.4) is 0 Å². The average Bonchev–Trinajstić information content (AvgIpc) is 2.80. The van der Waals surface area contributed by atoms with E-state index in [2.05, 4.69) is 9.97 Å². The van der Waals surface area contributed by atoms with Crippen LogP contribution in [0.25, 0.3) is 11.2 Å². The second-order valence-corrected chi connectivity index (χ2v) is 4.55. The van der Waals surface area contributed by atoms with Crippen LogP contribution in [0.5, 0.6) is 5.75 Å². The summed E-state index contributed by atoms with van der Waals surface area (Å²) in [6.45, 7) is 0.465. The number of aliphatic hydroxyl groups is 1. The molecule has 0 unspecified atom stereocenters. The van der Waals surface area contributed by atoms with Crippen LogP contribution in [0, 0.1) is 0 Å². The van der Waals surface area contributed by atoms with E-state index in [0.29, 0.717) is 13.0 Å². The van der Waals surface area contributed by atoms with Gasteiger partial charge in [0, 0.05) is 24.7 Å². The van der Waals surface area contributed by atoms with E-state index >= 15 is 0 Å². The molecule has 0 saturated heterocycles. The van der Waals surface area contributed by atoms with Crippen LogP contribution in [0.2, 0.25) is 0 Å². The van der Waals surface area contributed by atoms with E-state index in [4.69, 9.17) is 0 Å². The molecule has 0 aliphatic heterocycles. The summed E-state index contributed by atoms with van der Waals surface area (Å²) in [6.07, 6.45) is 2.21. The van der Waals surface area contributed by atoms with Crippen LogP contribution in [0.1, 0.15) is 11.4 Å². The highest BCUT2D eigenvalue weighted by Gasteiger charge is 2.13. The topological polar surface area (TPSA) is 71.2 Å². The number of pyridine rings is 1. The van der Waals surface area contributed by atoms with Crippen LogP contribution in [0.4, 0.5) is 0 Å². The molecule has 3 aromatic rings. The van der Waals surface area contributed by atoms with Crippen molar-refractivity contribution in [3.05, 3.63) is 54.0 Å². The Morgan fingerprint density at radius 1 is 1.10 bits per heavy atom. The quantitative estimate of drug-likeness (QED) is 0.756. The molecule has 0 aliphatic carbocycles. The molecule has 0 bridgehead atoms. The Hall–Kier alpha value is -2.40. The molecule has 0 radical (unpaired) electrons. The van der Waals surface area contributed by atoms with E-state index in [-0.39, 0.29) is 12.4 Å². The number of benzene rings is 1. The second-order valence-electron chi connectivity index (χ2n) is 4.55. The Kier molecular flexibility index (Phi) is 3.35. The van der Waals surface area contributed by atoms with Gasteiger partial charge in [-0.05, 0) is 18.2 Å². The number of phenolic OH excluding ortho intramolecular Hbond substituents is 1. The lowest BCUT2D eigenvalue weighted by molar-refractivity contribution is 0.276. The fourth-order valence-electron chi connectivity index (χ4n) is 2.31. The van der Waals surface area contributed by atoms with Gasteiger partial charge in [-0.25, -0.2) is 9.97 Å². The first-order valence-corrected chi connectivity index (χ1v) is 6.47. The molecule has 0 amide bonds. The van der Waals surface area contributed by atoms with E-state index < -0.39 is 0 Å². The van der Waals surface area contributed by atoms with Gasteiger partial charge in [-0.1, -0.05) is 18.2 Å². The van der Waals surface area contributed by atoms with Gasteiger partial charge in [-0.2, -0.15) is 0 Å². The number of hydrogen-bond donors (Lipinski definition) is 2. The molecule has 0 spiro atoms. The minimum absolute atomic E-state index is 0.0236. The third-order valence-electron chi connectivity index (χ3n) is 3.25. The maximum absolute atomic E-state index is 9.87. The van der Waals surface area contributed by atoms with E-state index in [1.807, 2.05) is 28.8 Å². The lowest BCUT2D eigenvalue weighted by atomic mass is 10.1. The van der Waals surface area contributed by atoms with Crippen molar-refractivity contribution >= 4 is 11.2 Å². The Labute approximate surface area is 116 Å². The highest BCUT2D eigenvalue weighted by molar-refractivity contribution is 5.71. The third kappa shape index (κ3) is 2.23. The van der Waals surface area contributed by atoms with Crippen LogP contribution >= 0.6 is 0 Å². The van der Waals surface area contributed by atoms with E-state index in [9.17, 15) is 10.2 Å². The predicted octanol–water partition coefficient (Wildman–Crippen LogP) is 1.72. The summed E-state index contributed by atoms with van der Waals surface area (Å²) >= 11 is 0. The normalized spacial score (nSPS) is 11.1. The molecule has 20 heavy (non-hydrogen) atoms. The Morgan fingerprint density at radius 3 is 2.75 bits per heavy atom. The maximum Gasteiger partial charge on any atom is 0.160 e. The van der Waals surface area contributed by atoms with E-state index in [1.54, 1.807) is 18.3 Å². The number of rotatable bonds is 4. The first kappa shape index (κ1) is 12.6. The summed E-state index contributed by atoms with van der Waals surface area (Å²) in [6, 6.07) is 10.9. The molecule has 2 aromatic heterocycles. The number of nitrogens with zero attached hydrogens (tertiary/aromatic N) is 3. The molecular weight excluding hydrogens is 254 g/mol. The summed E-state index contributed by atoms with van der Waals surface area (Å²) in [5.74, 6) is 1.04. The Morgan fingerprint density at radius 2 is 1.95 bits per heavy atom. The minimum atomic E-state index is 0.0236. The van der Waals surface area contributed by atoms with Crippen molar-refractivity contribution in [1.29, 1.82) is 0 Å². The van der Waals surface area contributed by atoms with Crippen LogP contribution in [-0.4, -0.2) is 31.4 Å². The first-order valence-electron chi connectivity index (χ1n) is 6.47. The molecule has 2 N–H and O–H groups in total. The number of aromatic nitrogens is 3. The van der Waals surface area contributed by atoms with Gasteiger partial charge < -0.3 is 14.8 Å². The highest BCUT2D eigenvalue weighted by Crippen LogP contribution is 2.21. The lowest BCUT2D eigenvalue weighted by Crippen LogP contribution is -2.08. The minimum Gasteiger partial charge on any atom is -0.508 e. The highest BCUT2D eigenvalue weighted by atomic mass is 16.3. The monoisotopic (exact) mass is 269 g/mol. The molecule has 0 saturated carbocycles. The van der Waals surface area contributed by atoms with E-state index in [1.165, 1.54) is 0 Å². The number of hydrogen-bond acceptors (Lipinski definition) is 4. The van der Waals surface area contributed by atoms with Crippen molar-refractivity contribution < 1.29 is 10.2 Å². The summed E-state index contributed by atoms with van der Waals surface area (Å²) in [4.78, 5) is 8.86. The summed E-state index contributed by atoms with van der Waals surface area (Å²) < 4.78 is 1.89. The van der Waals surface area contributed by atoms with Gasteiger partial charge in [0.2, 0.25) is 0 Å². The van der Waals surface area contributed by atoms with Gasteiger partial charge in [0.1, 0.15) is 17.1 Å². The van der Waals surface area contributed by atoms with Crippen molar-refractivity contribution in [2.45, 2.75) is 13.0 Å². The van der Waals surface area contributed by atoms with E-state index in [0.717, 1.165) is 22.6 Å². The van der Waals surface area contributed by atoms with Crippen LogP contribution in [0.15, 0.2) is 42.6 Å². The molecule has 2 heterocycles. The molecular formula is C15H15N3O2. The molecule has 0 atom stereocenters. The fraction of sp³-hybridized carbons (Fsp3) is 0.200. The number of para-hydroxylation sites is 1. The second kappa shape index (κ2) is 5.30. The number of aromatic hydroxyl groups is 1. The average molecular weight is 269 g/mol. The Bertz CT molecular complexity index is 737. The molecule has 5 heteroatoms. The molecule has 102 valence electrons. The molecule has 5 nitrogen and oxygen atoms in total. The zero-order valence-electron chi connectivity index (χ0n) is 10.9. The van der Waals surface area contributed by atoms with Crippen molar-refractivity contribution in [2.75, 3.05) is 6.61 Å². The Balaban J connectivity index is 2.06. The number of phenols is 1. The molecule has 1 aromatic carbocycles. The number of imidazole rings is 1. The van der Waals surface area contributed by atoms with Gasteiger partial charge in [-0.15, -0.1) is 0 Å². The zero-order valence-corrected chi connectivity index (χ0v) is 10.9. The number of fused-ring (bicyclic) bond motifs is 1. The zero-order chi connectivity index (χ0) is 13.9. The van der Waals surface area contributed by atoms with Crippen molar-refractivity contribution in [1.82, 2.24) is 14.5 Å². The SMILES string of the molecule is OCCn1c(Cc2ccccc2O)nc2cccnc21. The van der Waals surface area contributed by atoms with Crippen molar-refractivity contribution in [2.24, 2.45) is 0 Å². The van der Waals surface area contributed by atoms with Crippen LogP contribution < -0.4 is 0 Å². The van der Waals surface area contributed by atoms with Crippen molar-refractivity contribution in [3.8, 4) is 5.75 Å².